The maximum atomic E-state index is 11.6. The highest BCUT2D eigenvalue weighted by atomic mass is 32.2. The zero-order valence-corrected chi connectivity index (χ0v) is 15.0. The molecule has 2 aromatic rings. The van der Waals surface area contributed by atoms with E-state index in [2.05, 4.69) is 20.0 Å². The van der Waals surface area contributed by atoms with Gasteiger partial charge in [-0.2, -0.15) is 0 Å². The average molecular weight is 366 g/mol. The molecule has 0 aliphatic heterocycles. The normalized spacial score (nSPS) is 14.3. The van der Waals surface area contributed by atoms with Crippen molar-refractivity contribution in [3.8, 4) is 0 Å². The van der Waals surface area contributed by atoms with Crippen LogP contribution in [0, 0.1) is 11.7 Å². The lowest BCUT2D eigenvalue weighted by atomic mass is 10.2. The van der Waals surface area contributed by atoms with Crippen LogP contribution in [0.1, 0.15) is 30.3 Å². The van der Waals surface area contributed by atoms with Crippen molar-refractivity contribution < 1.29 is 14.0 Å². The third kappa shape index (κ3) is 5.62. The van der Waals surface area contributed by atoms with Crippen molar-refractivity contribution in [2.45, 2.75) is 26.7 Å². The van der Waals surface area contributed by atoms with Crippen LogP contribution in [0.5, 0.6) is 0 Å². The fraction of sp³-hybridized carbons (Fsp3) is 0.400. The molecule has 0 amide bonds. The second-order valence-electron chi connectivity index (χ2n) is 5.43. The summed E-state index contributed by atoms with van der Waals surface area (Å²) < 4.78 is 26.6. The minimum absolute atomic E-state index is 0.132. The Labute approximate surface area is 146 Å². The molecule has 2 rings (SSSR count). The summed E-state index contributed by atoms with van der Waals surface area (Å²) in [4.78, 5) is 4.32. The van der Waals surface area contributed by atoms with Gasteiger partial charge in [-0.15, -0.1) is 0 Å². The van der Waals surface area contributed by atoms with Gasteiger partial charge >= 0.3 is 0 Å². The monoisotopic (exact) mass is 366 g/mol. The summed E-state index contributed by atoms with van der Waals surface area (Å²) in [7, 11) is -2.72. The summed E-state index contributed by atoms with van der Waals surface area (Å²) >= 11 is 0. The molecule has 0 saturated carbocycles. The third-order valence-corrected chi connectivity index (χ3v) is 4.94. The Hall–Kier alpha value is -2.30. The first-order chi connectivity index (χ1) is 11.9. The van der Waals surface area contributed by atoms with Gasteiger partial charge in [0.25, 0.3) is 0 Å². The van der Waals surface area contributed by atoms with Crippen LogP contribution in [0.3, 0.4) is 0 Å². The molecule has 9 nitrogen and oxygen atoms in total. The van der Waals surface area contributed by atoms with Gasteiger partial charge in [-0.1, -0.05) is 24.2 Å². The van der Waals surface area contributed by atoms with Gasteiger partial charge in [0.15, 0.2) is 11.5 Å². The molecule has 0 radical (unpaired) electrons. The van der Waals surface area contributed by atoms with E-state index < -0.39 is 9.92 Å². The second-order valence-corrected chi connectivity index (χ2v) is 7.65. The van der Waals surface area contributed by atoms with Gasteiger partial charge in [-0.05, 0) is 42.6 Å². The third-order valence-electron chi connectivity index (χ3n) is 3.46. The number of hydrogen-bond acceptors (Lipinski definition) is 7. The largest absolute Gasteiger partial charge is 0.290 e. The predicted molar refractivity (Wildman–Crippen MR) is 94.3 cm³/mol. The SMILES string of the molecule is CCS(=N)(=O)NCCCc1nonc1C(=Nc1cccc(C)c1)NO. The fourth-order valence-electron chi connectivity index (χ4n) is 2.10. The molecule has 1 heterocycles. The molecule has 0 spiro atoms. The van der Waals surface area contributed by atoms with E-state index in [1.807, 2.05) is 30.6 Å². The van der Waals surface area contributed by atoms with Crippen LogP contribution >= 0.6 is 0 Å². The molecule has 1 atom stereocenters. The van der Waals surface area contributed by atoms with Crippen molar-refractivity contribution in [2.75, 3.05) is 12.3 Å². The summed E-state index contributed by atoms with van der Waals surface area (Å²) in [6.07, 6.45) is 1.06. The lowest BCUT2D eigenvalue weighted by Gasteiger charge is -2.06. The number of hydroxylamine groups is 1. The van der Waals surface area contributed by atoms with E-state index in [0.717, 1.165) is 5.56 Å². The maximum Gasteiger partial charge on any atom is 0.181 e. The molecule has 136 valence electrons. The Balaban J connectivity index is 2.08. The first-order valence-corrected chi connectivity index (χ1v) is 9.56. The van der Waals surface area contributed by atoms with Crippen LogP contribution in [0.15, 0.2) is 33.9 Å². The molecule has 25 heavy (non-hydrogen) atoms. The minimum Gasteiger partial charge on any atom is -0.290 e. The van der Waals surface area contributed by atoms with E-state index >= 15 is 0 Å². The summed E-state index contributed by atoms with van der Waals surface area (Å²) in [5.41, 5.74) is 4.56. The van der Waals surface area contributed by atoms with Crippen molar-refractivity contribution >= 4 is 21.4 Å². The molecule has 0 saturated heterocycles. The Bertz CT molecular complexity index is 831. The van der Waals surface area contributed by atoms with E-state index in [-0.39, 0.29) is 11.6 Å². The van der Waals surface area contributed by atoms with Crippen molar-refractivity contribution in [1.82, 2.24) is 20.5 Å². The lowest BCUT2D eigenvalue weighted by Crippen LogP contribution is -2.26. The first-order valence-electron chi connectivity index (χ1n) is 7.83. The summed E-state index contributed by atoms with van der Waals surface area (Å²) in [5.74, 6) is 0.388. The number of aromatic nitrogens is 2. The molecule has 1 aromatic carbocycles. The van der Waals surface area contributed by atoms with Gasteiger partial charge in [0, 0.05) is 12.3 Å². The summed E-state index contributed by atoms with van der Waals surface area (Å²) in [5, 5.41) is 17.0. The highest BCUT2D eigenvalue weighted by Gasteiger charge is 2.16. The van der Waals surface area contributed by atoms with Crippen molar-refractivity contribution in [3.63, 3.8) is 0 Å². The van der Waals surface area contributed by atoms with Gasteiger partial charge in [0.05, 0.1) is 5.69 Å². The highest BCUT2D eigenvalue weighted by molar-refractivity contribution is 7.90. The van der Waals surface area contributed by atoms with E-state index in [9.17, 15) is 9.42 Å². The Morgan fingerprint density at radius 2 is 2.24 bits per heavy atom. The van der Waals surface area contributed by atoms with Crippen LogP contribution in [-0.2, 0) is 16.3 Å². The van der Waals surface area contributed by atoms with Crippen LogP contribution < -0.4 is 10.2 Å². The number of aryl methyl sites for hydroxylation is 2. The van der Waals surface area contributed by atoms with E-state index in [4.69, 9.17) is 9.41 Å². The van der Waals surface area contributed by atoms with Gasteiger partial charge in [0.1, 0.15) is 15.6 Å². The molecule has 0 bridgehead atoms. The highest BCUT2D eigenvalue weighted by Crippen LogP contribution is 2.16. The number of nitrogens with zero attached hydrogens (tertiary/aromatic N) is 3. The number of benzene rings is 1. The van der Waals surface area contributed by atoms with Crippen molar-refractivity contribution in [1.29, 1.82) is 4.78 Å². The standard InChI is InChI=1S/C15H22N6O3S/c1-3-25(16,23)17-9-5-8-13-14(21-24-20-13)15(19-22)18-12-7-4-6-11(2)10-12/h4,6-7,10,22H,3,5,8-9H2,1-2H3,(H,18,19)(H2,16,17,23). The zero-order valence-electron chi connectivity index (χ0n) is 14.2. The number of hydrogen-bond donors (Lipinski definition) is 4. The molecule has 0 aliphatic rings. The summed E-state index contributed by atoms with van der Waals surface area (Å²) in [6, 6.07) is 7.48. The molecule has 1 unspecified atom stereocenters. The van der Waals surface area contributed by atoms with Gasteiger partial charge in [-0.25, -0.2) is 23.3 Å². The van der Waals surface area contributed by atoms with Crippen LogP contribution in [-0.4, -0.2) is 37.9 Å². The number of amidine groups is 1. The quantitative estimate of drug-likeness (QED) is 0.244. The zero-order chi connectivity index (χ0) is 18.3. The molecule has 4 N–H and O–H groups in total. The van der Waals surface area contributed by atoms with Crippen LogP contribution in [0.4, 0.5) is 5.69 Å². The lowest BCUT2D eigenvalue weighted by molar-refractivity contribution is 0.234. The molecule has 10 heteroatoms. The van der Waals surface area contributed by atoms with Crippen LogP contribution in [0.25, 0.3) is 0 Å². The van der Waals surface area contributed by atoms with E-state index in [0.29, 0.717) is 36.5 Å². The molecular weight excluding hydrogens is 344 g/mol. The van der Waals surface area contributed by atoms with Crippen LogP contribution in [0.2, 0.25) is 0 Å². The Morgan fingerprint density at radius 3 is 2.92 bits per heavy atom. The molecular formula is C15H22N6O3S. The first kappa shape index (κ1) is 19.0. The number of rotatable bonds is 8. The second kappa shape index (κ2) is 8.70. The van der Waals surface area contributed by atoms with E-state index in [1.165, 1.54) is 0 Å². The minimum atomic E-state index is -2.72. The van der Waals surface area contributed by atoms with E-state index in [1.54, 1.807) is 13.0 Å². The Morgan fingerprint density at radius 1 is 1.44 bits per heavy atom. The number of aliphatic imine (C=N–C) groups is 1. The molecule has 0 aliphatic carbocycles. The Kier molecular flexibility index (Phi) is 6.62. The van der Waals surface area contributed by atoms with Gasteiger partial charge in [0.2, 0.25) is 0 Å². The molecule has 0 fully saturated rings. The van der Waals surface area contributed by atoms with Crippen molar-refractivity contribution in [3.05, 3.63) is 41.2 Å². The predicted octanol–water partition coefficient (Wildman–Crippen LogP) is 1.94. The topological polar surface area (TPSA) is 136 Å². The maximum absolute atomic E-state index is 11.6. The molecule has 1 aromatic heterocycles. The summed E-state index contributed by atoms with van der Waals surface area (Å²) in [6.45, 7) is 4.05. The fourth-order valence-corrected chi connectivity index (χ4v) is 2.78. The van der Waals surface area contributed by atoms with Gasteiger partial charge in [-0.3, -0.25) is 10.7 Å². The van der Waals surface area contributed by atoms with Gasteiger partial charge < -0.3 is 0 Å². The average Bonchev–Trinajstić information content (AvgIpc) is 3.05. The smallest absolute Gasteiger partial charge is 0.181 e. The van der Waals surface area contributed by atoms with Crippen molar-refractivity contribution in [2.24, 2.45) is 4.99 Å². The number of nitrogens with one attached hydrogen (secondary N) is 3.